The Morgan fingerprint density at radius 1 is 1.50 bits per heavy atom. The van der Waals surface area contributed by atoms with Gasteiger partial charge < -0.3 is 20.1 Å². The van der Waals surface area contributed by atoms with Crippen molar-refractivity contribution in [3.05, 3.63) is 0 Å². The van der Waals surface area contributed by atoms with Crippen LogP contribution in [0.3, 0.4) is 0 Å². The average Bonchev–Trinajstić information content (AvgIpc) is 1.97. The van der Waals surface area contributed by atoms with Crippen molar-refractivity contribution >= 4 is 6.09 Å². The lowest BCUT2D eigenvalue weighted by Gasteiger charge is -2.48. The first kappa shape index (κ1) is 13.3. The van der Waals surface area contributed by atoms with Crippen LogP contribution < -0.4 is 5.32 Å². The predicted molar refractivity (Wildman–Crippen MR) is 61.3 cm³/mol. The summed E-state index contributed by atoms with van der Waals surface area (Å²) in [6.45, 7) is 8.36. The number of aliphatic hydroxyl groups is 1. The maximum absolute atomic E-state index is 11.5. The van der Waals surface area contributed by atoms with E-state index in [-0.39, 0.29) is 6.04 Å². The molecule has 0 radical (unpaired) electrons. The summed E-state index contributed by atoms with van der Waals surface area (Å²) in [5.41, 5.74) is -1.34. The zero-order chi connectivity index (χ0) is 12.6. The van der Waals surface area contributed by atoms with Gasteiger partial charge in [-0.05, 0) is 34.7 Å². The summed E-state index contributed by atoms with van der Waals surface area (Å²) in [4.78, 5) is 13.5. The van der Waals surface area contributed by atoms with E-state index >= 15 is 0 Å². The molecule has 1 saturated heterocycles. The molecule has 94 valence electrons. The van der Waals surface area contributed by atoms with Gasteiger partial charge in [-0.1, -0.05) is 0 Å². The van der Waals surface area contributed by atoms with E-state index in [2.05, 4.69) is 5.32 Å². The van der Waals surface area contributed by atoms with E-state index in [1.54, 1.807) is 6.92 Å². The SMILES string of the molecule is CC(NC(=O)OC(C)(C)C)C1(O)CN(C)C1. The molecule has 2 N–H and O–H groups in total. The fourth-order valence-corrected chi connectivity index (χ4v) is 1.78. The van der Waals surface area contributed by atoms with Crippen molar-refractivity contribution in [2.24, 2.45) is 0 Å². The fourth-order valence-electron chi connectivity index (χ4n) is 1.78. The summed E-state index contributed by atoms with van der Waals surface area (Å²) in [5, 5.41) is 12.7. The van der Waals surface area contributed by atoms with E-state index in [0.29, 0.717) is 13.1 Å². The number of rotatable bonds is 2. The third-order valence-corrected chi connectivity index (χ3v) is 2.63. The number of nitrogens with zero attached hydrogens (tertiary/aromatic N) is 1. The van der Waals surface area contributed by atoms with E-state index in [1.165, 1.54) is 0 Å². The molecule has 0 saturated carbocycles. The number of carbonyl (C=O) groups is 1. The van der Waals surface area contributed by atoms with E-state index < -0.39 is 17.3 Å². The van der Waals surface area contributed by atoms with Gasteiger partial charge in [0.15, 0.2) is 0 Å². The number of nitrogens with one attached hydrogen (secondary N) is 1. The van der Waals surface area contributed by atoms with Gasteiger partial charge >= 0.3 is 6.09 Å². The van der Waals surface area contributed by atoms with Gasteiger partial charge in [-0.3, -0.25) is 0 Å². The zero-order valence-corrected chi connectivity index (χ0v) is 10.7. The van der Waals surface area contributed by atoms with Crippen molar-refractivity contribution in [3.8, 4) is 0 Å². The molecule has 1 unspecified atom stereocenters. The van der Waals surface area contributed by atoms with Crippen molar-refractivity contribution < 1.29 is 14.6 Å². The summed E-state index contributed by atoms with van der Waals surface area (Å²) < 4.78 is 5.12. The molecule has 1 fully saturated rings. The molecular weight excluding hydrogens is 208 g/mol. The third kappa shape index (κ3) is 3.35. The Morgan fingerprint density at radius 2 is 2.00 bits per heavy atom. The highest BCUT2D eigenvalue weighted by atomic mass is 16.6. The summed E-state index contributed by atoms with van der Waals surface area (Å²) in [5.74, 6) is 0. The van der Waals surface area contributed by atoms with Crippen LogP contribution >= 0.6 is 0 Å². The highest BCUT2D eigenvalue weighted by Crippen LogP contribution is 2.22. The standard InChI is InChI=1S/C11H22N2O3/c1-8(11(15)6-13(5)7-11)12-9(14)16-10(2,3)4/h8,15H,6-7H2,1-5H3,(H,12,14). The average molecular weight is 230 g/mol. The monoisotopic (exact) mass is 230 g/mol. The highest BCUT2D eigenvalue weighted by Gasteiger charge is 2.44. The normalized spacial score (nSPS) is 22.1. The predicted octanol–water partition coefficient (Wildman–Crippen LogP) is 0.576. The van der Waals surface area contributed by atoms with Gasteiger partial charge in [0.25, 0.3) is 0 Å². The van der Waals surface area contributed by atoms with Crippen LogP contribution in [-0.4, -0.2) is 53.5 Å². The molecule has 5 heteroatoms. The molecule has 0 aromatic rings. The summed E-state index contributed by atoms with van der Waals surface area (Å²) >= 11 is 0. The molecule has 1 rings (SSSR count). The molecule has 0 spiro atoms. The smallest absolute Gasteiger partial charge is 0.407 e. The lowest BCUT2D eigenvalue weighted by atomic mass is 9.87. The van der Waals surface area contributed by atoms with Gasteiger partial charge in [-0.25, -0.2) is 4.79 Å². The first-order valence-corrected chi connectivity index (χ1v) is 5.53. The maximum Gasteiger partial charge on any atom is 0.407 e. The van der Waals surface area contributed by atoms with Crippen LogP contribution in [0, 0.1) is 0 Å². The number of β-amino-alcohol motifs (C(OH)–C–C–N with tert-alkyl or cyclic N) is 1. The van der Waals surface area contributed by atoms with Crippen LogP contribution in [0.25, 0.3) is 0 Å². The van der Waals surface area contributed by atoms with E-state index in [1.807, 2.05) is 32.7 Å². The number of hydrogen-bond acceptors (Lipinski definition) is 4. The Hall–Kier alpha value is -0.810. The first-order valence-electron chi connectivity index (χ1n) is 5.53. The largest absolute Gasteiger partial charge is 0.444 e. The molecule has 5 nitrogen and oxygen atoms in total. The van der Waals surface area contributed by atoms with Crippen LogP contribution in [0.4, 0.5) is 4.79 Å². The van der Waals surface area contributed by atoms with Gasteiger partial charge in [-0.15, -0.1) is 0 Å². The van der Waals surface area contributed by atoms with Gasteiger partial charge in [0.2, 0.25) is 0 Å². The fraction of sp³-hybridized carbons (Fsp3) is 0.909. The number of amides is 1. The molecule has 1 atom stereocenters. The third-order valence-electron chi connectivity index (χ3n) is 2.63. The number of hydrogen-bond donors (Lipinski definition) is 2. The molecule has 0 aliphatic carbocycles. The van der Waals surface area contributed by atoms with Crippen molar-refractivity contribution in [2.45, 2.75) is 44.9 Å². The number of ether oxygens (including phenoxy) is 1. The second kappa shape index (κ2) is 4.22. The Kier molecular flexibility index (Phi) is 3.50. The number of alkyl carbamates (subject to hydrolysis) is 1. The first-order chi connectivity index (χ1) is 7.12. The lowest BCUT2D eigenvalue weighted by molar-refractivity contribution is -0.106. The van der Waals surface area contributed by atoms with Crippen LogP contribution in [0.5, 0.6) is 0 Å². The van der Waals surface area contributed by atoms with E-state index in [9.17, 15) is 9.90 Å². The minimum absolute atomic E-state index is 0.307. The van der Waals surface area contributed by atoms with Gasteiger partial charge in [0.05, 0.1) is 6.04 Å². The van der Waals surface area contributed by atoms with Gasteiger partial charge in [-0.2, -0.15) is 0 Å². The summed E-state index contributed by atoms with van der Waals surface area (Å²) in [6.07, 6.45) is -0.483. The topological polar surface area (TPSA) is 61.8 Å². The van der Waals surface area contributed by atoms with Crippen molar-refractivity contribution in [1.82, 2.24) is 10.2 Å². The number of likely N-dealkylation sites (tertiary alicyclic amines) is 1. The molecule has 0 bridgehead atoms. The second-order valence-corrected chi connectivity index (χ2v) is 5.64. The number of carbonyl (C=O) groups excluding carboxylic acids is 1. The quantitative estimate of drug-likeness (QED) is 0.728. The Bertz CT molecular complexity index is 267. The molecule has 1 aliphatic heterocycles. The highest BCUT2D eigenvalue weighted by molar-refractivity contribution is 5.68. The van der Waals surface area contributed by atoms with Gasteiger partial charge in [0, 0.05) is 13.1 Å². The molecule has 0 aromatic carbocycles. The van der Waals surface area contributed by atoms with Crippen LogP contribution in [0.15, 0.2) is 0 Å². The van der Waals surface area contributed by atoms with Gasteiger partial charge in [0.1, 0.15) is 11.2 Å². The molecule has 1 aliphatic rings. The summed E-state index contributed by atoms with van der Waals surface area (Å²) in [7, 11) is 1.93. The Morgan fingerprint density at radius 3 is 2.38 bits per heavy atom. The Balaban J connectivity index is 2.40. The van der Waals surface area contributed by atoms with Crippen molar-refractivity contribution in [1.29, 1.82) is 0 Å². The lowest BCUT2D eigenvalue weighted by Crippen LogP contribution is -2.69. The Labute approximate surface area is 96.8 Å². The minimum atomic E-state index is -0.828. The van der Waals surface area contributed by atoms with E-state index in [4.69, 9.17) is 4.74 Å². The van der Waals surface area contributed by atoms with Crippen molar-refractivity contribution in [2.75, 3.05) is 20.1 Å². The molecular formula is C11H22N2O3. The number of likely N-dealkylation sites (N-methyl/N-ethyl adjacent to an activating group) is 1. The van der Waals surface area contributed by atoms with Crippen LogP contribution in [0.2, 0.25) is 0 Å². The van der Waals surface area contributed by atoms with Crippen molar-refractivity contribution in [3.63, 3.8) is 0 Å². The second-order valence-electron chi connectivity index (χ2n) is 5.64. The van der Waals surface area contributed by atoms with Crippen LogP contribution in [0.1, 0.15) is 27.7 Å². The summed E-state index contributed by atoms with van der Waals surface area (Å²) in [6, 6.07) is -0.307. The van der Waals surface area contributed by atoms with Crippen LogP contribution in [-0.2, 0) is 4.74 Å². The molecule has 16 heavy (non-hydrogen) atoms. The minimum Gasteiger partial charge on any atom is -0.444 e. The maximum atomic E-state index is 11.5. The molecule has 1 heterocycles. The van der Waals surface area contributed by atoms with E-state index in [0.717, 1.165) is 0 Å². The molecule has 0 aromatic heterocycles. The zero-order valence-electron chi connectivity index (χ0n) is 10.7. The molecule has 1 amide bonds.